The molecule has 0 aliphatic heterocycles. The highest BCUT2D eigenvalue weighted by Crippen LogP contribution is 2.69. The van der Waals surface area contributed by atoms with Gasteiger partial charge in [0.05, 0.1) is 18.7 Å². The van der Waals surface area contributed by atoms with E-state index in [1.165, 1.54) is 18.2 Å². The third-order valence-corrected chi connectivity index (χ3v) is 11.4. The number of rotatable bonds is 1. The highest BCUT2D eigenvalue weighted by molar-refractivity contribution is 5.95. The Morgan fingerprint density at radius 1 is 1.06 bits per heavy atom. The molecular formula is C29H39NO4. The summed E-state index contributed by atoms with van der Waals surface area (Å²) in [4.78, 5) is 27.3. The van der Waals surface area contributed by atoms with Crippen molar-refractivity contribution in [3.63, 3.8) is 0 Å². The van der Waals surface area contributed by atoms with Crippen LogP contribution in [0.15, 0.2) is 22.4 Å². The number of ether oxygens (including phenoxy) is 1. The van der Waals surface area contributed by atoms with Crippen LogP contribution in [0.3, 0.4) is 0 Å². The maximum Gasteiger partial charge on any atom is 0.312 e. The van der Waals surface area contributed by atoms with E-state index in [1.54, 1.807) is 0 Å². The number of hydrogen-bond acceptors (Lipinski definition) is 5. The van der Waals surface area contributed by atoms with Gasteiger partial charge < -0.3 is 9.26 Å². The first-order valence-electron chi connectivity index (χ1n) is 13.3. The molecule has 1 aromatic rings. The number of carbonyl (C=O) groups is 2. The molecule has 0 N–H and O–H groups in total. The van der Waals surface area contributed by atoms with Crippen LogP contribution in [0, 0.1) is 45.3 Å². The second kappa shape index (κ2) is 7.07. The van der Waals surface area contributed by atoms with Crippen molar-refractivity contribution in [3.05, 3.63) is 29.2 Å². The van der Waals surface area contributed by atoms with Gasteiger partial charge in [-0.25, -0.2) is 0 Å². The van der Waals surface area contributed by atoms with Crippen LogP contribution in [0.1, 0.15) is 84.0 Å². The molecule has 5 aliphatic carbocycles. The van der Waals surface area contributed by atoms with Gasteiger partial charge >= 0.3 is 5.97 Å². The predicted molar refractivity (Wildman–Crippen MR) is 128 cm³/mol. The Hall–Kier alpha value is -1.91. The Labute approximate surface area is 203 Å². The van der Waals surface area contributed by atoms with Crippen molar-refractivity contribution in [1.29, 1.82) is 0 Å². The molecule has 0 bridgehead atoms. The maximum atomic E-state index is 14.1. The van der Waals surface area contributed by atoms with Gasteiger partial charge in [-0.2, -0.15) is 0 Å². The third kappa shape index (κ3) is 2.82. The van der Waals surface area contributed by atoms with Gasteiger partial charge in [0.15, 0.2) is 5.78 Å². The zero-order valence-electron chi connectivity index (χ0n) is 21.4. The fourth-order valence-corrected chi connectivity index (χ4v) is 9.50. The standard InChI is InChI=1S/C29H39NO4/c1-26(2)10-11-29(25(32)33-5)9-7-19-24(20(29)15-26)21(31)13-23-27(19,3)8-6-18-12-22-17(16-30-34-22)14-28(18,23)4/h13,16,18-20,24H,6-12,14-15H2,1-5H3. The lowest BCUT2D eigenvalue weighted by Crippen LogP contribution is -2.61. The summed E-state index contributed by atoms with van der Waals surface area (Å²) in [6.45, 7) is 9.43. The minimum Gasteiger partial charge on any atom is -0.469 e. The lowest BCUT2D eigenvalue weighted by molar-refractivity contribution is -0.178. The van der Waals surface area contributed by atoms with Crippen molar-refractivity contribution in [3.8, 4) is 0 Å². The smallest absolute Gasteiger partial charge is 0.312 e. The van der Waals surface area contributed by atoms with Gasteiger partial charge in [-0.05, 0) is 91.4 Å². The normalized spacial score (nSPS) is 44.5. The molecule has 5 nitrogen and oxygen atoms in total. The Morgan fingerprint density at radius 3 is 2.62 bits per heavy atom. The number of ketones is 1. The lowest BCUT2D eigenvalue weighted by Gasteiger charge is -2.63. The number of fused-ring (bicyclic) bond motifs is 8. The van der Waals surface area contributed by atoms with Gasteiger partial charge in [0.2, 0.25) is 0 Å². The average Bonchev–Trinajstić information content (AvgIpc) is 3.24. The Morgan fingerprint density at radius 2 is 1.85 bits per heavy atom. The first kappa shape index (κ1) is 22.5. The summed E-state index contributed by atoms with van der Waals surface area (Å²) >= 11 is 0. The molecule has 0 aromatic carbocycles. The average molecular weight is 466 g/mol. The molecule has 7 unspecified atom stereocenters. The molecule has 3 fully saturated rings. The van der Waals surface area contributed by atoms with Crippen molar-refractivity contribution in [2.24, 2.45) is 45.3 Å². The molecule has 1 heterocycles. The summed E-state index contributed by atoms with van der Waals surface area (Å²) in [5, 5.41) is 4.08. The van der Waals surface area contributed by atoms with Gasteiger partial charge in [0.25, 0.3) is 0 Å². The summed E-state index contributed by atoms with van der Waals surface area (Å²) in [6, 6.07) is 0. The number of esters is 1. The third-order valence-electron chi connectivity index (χ3n) is 11.4. The highest BCUT2D eigenvalue weighted by Gasteiger charge is 2.65. The van der Waals surface area contributed by atoms with Gasteiger partial charge in [-0.15, -0.1) is 0 Å². The van der Waals surface area contributed by atoms with Crippen LogP contribution in [0.2, 0.25) is 0 Å². The summed E-state index contributed by atoms with van der Waals surface area (Å²) in [6.07, 6.45) is 12.6. The van der Waals surface area contributed by atoms with Crippen LogP contribution in [0.4, 0.5) is 0 Å². The summed E-state index contributed by atoms with van der Waals surface area (Å²) in [5.41, 5.74) is 2.20. The van der Waals surface area contributed by atoms with E-state index in [0.717, 1.165) is 63.5 Å². The minimum atomic E-state index is -0.494. The largest absolute Gasteiger partial charge is 0.469 e. The van der Waals surface area contributed by atoms with Crippen LogP contribution < -0.4 is 0 Å². The number of nitrogens with zero attached hydrogens (tertiary/aromatic N) is 1. The van der Waals surface area contributed by atoms with E-state index >= 15 is 0 Å². The van der Waals surface area contributed by atoms with Gasteiger partial charge in [-0.3, -0.25) is 9.59 Å². The van der Waals surface area contributed by atoms with Crippen molar-refractivity contribution in [1.82, 2.24) is 5.16 Å². The zero-order valence-corrected chi connectivity index (χ0v) is 21.4. The second-order valence-electron chi connectivity index (χ2n) is 13.5. The van der Waals surface area contributed by atoms with E-state index in [0.29, 0.717) is 11.8 Å². The van der Waals surface area contributed by atoms with Crippen LogP contribution >= 0.6 is 0 Å². The molecule has 0 spiro atoms. The topological polar surface area (TPSA) is 69.4 Å². The van der Waals surface area contributed by atoms with Crippen LogP contribution in [-0.2, 0) is 27.2 Å². The molecule has 6 rings (SSSR count). The predicted octanol–water partition coefficient (Wildman–Crippen LogP) is 5.72. The van der Waals surface area contributed by atoms with Crippen molar-refractivity contribution in [2.75, 3.05) is 7.11 Å². The molecule has 34 heavy (non-hydrogen) atoms. The van der Waals surface area contributed by atoms with E-state index in [4.69, 9.17) is 9.26 Å². The number of methoxy groups -OCH3 is 1. The lowest BCUT2D eigenvalue weighted by atomic mass is 9.39. The Kier molecular flexibility index (Phi) is 4.69. The second-order valence-corrected chi connectivity index (χ2v) is 13.5. The first-order chi connectivity index (χ1) is 16.0. The molecule has 0 saturated heterocycles. The Bertz CT molecular complexity index is 1080. The molecule has 3 saturated carbocycles. The van der Waals surface area contributed by atoms with Crippen molar-refractivity contribution >= 4 is 11.8 Å². The van der Waals surface area contributed by atoms with Gasteiger partial charge in [-0.1, -0.05) is 38.4 Å². The van der Waals surface area contributed by atoms with Gasteiger partial charge in [0.1, 0.15) is 5.76 Å². The van der Waals surface area contributed by atoms with E-state index in [1.807, 2.05) is 6.20 Å². The van der Waals surface area contributed by atoms with Crippen LogP contribution in [0.25, 0.3) is 0 Å². The van der Waals surface area contributed by atoms with E-state index < -0.39 is 5.41 Å². The number of aromatic nitrogens is 1. The summed E-state index contributed by atoms with van der Waals surface area (Å²) in [7, 11) is 1.52. The van der Waals surface area contributed by atoms with E-state index in [2.05, 4.69) is 38.9 Å². The zero-order chi connectivity index (χ0) is 24.1. The van der Waals surface area contributed by atoms with E-state index in [9.17, 15) is 9.59 Å². The highest BCUT2D eigenvalue weighted by atomic mass is 16.5. The number of hydrogen-bond donors (Lipinski definition) is 0. The van der Waals surface area contributed by atoms with Crippen LogP contribution in [0.5, 0.6) is 0 Å². The molecule has 5 heteroatoms. The minimum absolute atomic E-state index is 0.00234. The molecular weight excluding hydrogens is 426 g/mol. The first-order valence-corrected chi connectivity index (χ1v) is 13.3. The monoisotopic (exact) mass is 465 g/mol. The number of carbonyl (C=O) groups excluding carboxylic acids is 2. The number of allylic oxidation sites excluding steroid dienone is 2. The summed E-state index contributed by atoms with van der Waals surface area (Å²) < 4.78 is 11.0. The fourth-order valence-electron chi connectivity index (χ4n) is 9.50. The van der Waals surface area contributed by atoms with Crippen molar-refractivity contribution in [2.45, 2.75) is 85.5 Å². The van der Waals surface area contributed by atoms with Crippen LogP contribution in [-0.4, -0.2) is 24.0 Å². The SMILES string of the molecule is COC(=O)C12CCC3C(C(=O)C=C4C5(C)Cc6cnoc6CC5CCC43C)C1CC(C)(C)CC2. The van der Waals surface area contributed by atoms with Crippen molar-refractivity contribution < 1.29 is 18.8 Å². The maximum absolute atomic E-state index is 14.1. The molecule has 7 atom stereocenters. The molecule has 1 aromatic heterocycles. The molecule has 0 amide bonds. The Balaban J connectivity index is 1.44. The van der Waals surface area contributed by atoms with E-state index in [-0.39, 0.29) is 39.8 Å². The quantitative estimate of drug-likeness (QED) is 0.496. The van der Waals surface area contributed by atoms with Gasteiger partial charge in [0, 0.05) is 17.9 Å². The molecule has 5 aliphatic rings. The summed E-state index contributed by atoms with van der Waals surface area (Å²) in [5.74, 6) is 2.02. The fraction of sp³-hybridized carbons (Fsp3) is 0.759. The molecule has 0 radical (unpaired) electrons. The molecule has 184 valence electrons.